The van der Waals surface area contributed by atoms with Gasteiger partial charge >= 0.3 is 0 Å². The monoisotopic (exact) mass is 351 g/mol. The number of ether oxygens (including phenoxy) is 1. The molecule has 1 amide bonds. The normalized spacial score (nSPS) is 17.2. The predicted octanol–water partition coefficient (Wildman–Crippen LogP) is 4.33. The average Bonchev–Trinajstić information content (AvgIpc) is 3.03. The number of carbonyl (C=O) groups is 1. The van der Waals surface area contributed by atoms with Crippen LogP contribution in [0.2, 0.25) is 0 Å². The van der Waals surface area contributed by atoms with Crippen molar-refractivity contribution in [3.63, 3.8) is 0 Å². The number of methoxy groups -OCH3 is 1. The Balaban J connectivity index is 1.83. The molecule has 3 aromatic rings. The smallest absolute Gasteiger partial charge is 0.238 e. The number of nitrogens with zero attached hydrogens (tertiary/aromatic N) is 1. The van der Waals surface area contributed by atoms with E-state index in [1.165, 1.54) is 7.11 Å². The van der Waals surface area contributed by atoms with Gasteiger partial charge < -0.3 is 9.84 Å². The van der Waals surface area contributed by atoms with Gasteiger partial charge in [0.15, 0.2) is 11.5 Å². The van der Waals surface area contributed by atoms with Crippen LogP contribution >= 0.6 is 11.8 Å². The number of anilines is 1. The van der Waals surface area contributed by atoms with Gasteiger partial charge in [-0.25, -0.2) is 0 Å². The highest BCUT2D eigenvalue weighted by atomic mass is 32.2. The number of hydrogen-bond donors (Lipinski definition) is 1. The molecular formula is C20H17NO3S. The van der Waals surface area contributed by atoms with Crippen molar-refractivity contribution in [1.82, 2.24) is 0 Å². The Morgan fingerprint density at radius 1 is 1.12 bits per heavy atom. The fraction of sp³-hybridized carbons (Fsp3) is 0.150. The average molecular weight is 351 g/mol. The zero-order valence-electron chi connectivity index (χ0n) is 13.7. The van der Waals surface area contributed by atoms with Gasteiger partial charge in [0.25, 0.3) is 0 Å². The van der Waals surface area contributed by atoms with Gasteiger partial charge in [-0.2, -0.15) is 0 Å². The van der Waals surface area contributed by atoms with E-state index in [4.69, 9.17) is 4.74 Å². The molecular weight excluding hydrogens is 334 g/mol. The van der Waals surface area contributed by atoms with Crippen LogP contribution in [-0.4, -0.2) is 23.9 Å². The third kappa shape index (κ3) is 2.70. The first-order valence-electron chi connectivity index (χ1n) is 7.97. The molecule has 0 radical (unpaired) electrons. The Labute approximate surface area is 150 Å². The van der Waals surface area contributed by atoms with E-state index in [9.17, 15) is 9.90 Å². The van der Waals surface area contributed by atoms with E-state index in [-0.39, 0.29) is 17.0 Å². The van der Waals surface area contributed by atoms with Crippen LogP contribution in [0, 0.1) is 0 Å². The molecule has 1 atom stereocenters. The highest BCUT2D eigenvalue weighted by molar-refractivity contribution is 8.00. The van der Waals surface area contributed by atoms with Crippen molar-refractivity contribution >= 4 is 34.1 Å². The van der Waals surface area contributed by atoms with E-state index in [1.807, 2.05) is 53.4 Å². The lowest BCUT2D eigenvalue weighted by molar-refractivity contribution is -0.115. The van der Waals surface area contributed by atoms with Gasteiger partial charge in [0, 0.05) is 5.39 Å². The molecule has 1 fully saturated rings. The molecule has 1 N–H and O–H groups in total. The predicted molar refractivity (Wildman–Crippen MR) is 101 cm³/mol. The number of benzene rings is 3. The van der Waals surface area contributed by atoms with Crippen LogP contribution in [-0.2, 0) is 4.79 Å². The fourth-order valence-electron chi connectivity index (χ4n) is 3.20. The number of rotatable bonds is 3. The first-order chi connectivity index (χ1) is 12.2. The highest BCUT2D eigenvalue weighted by Crippen LogP contribution is 2.45. The van der Waals surface area contributed by atoms with Crippen molar-refractivity contribution in [1.29, 1.82) is 0 Å². The summed E-state index contributed by atoms with van der Waals surface area (Å²) in [5.41, 5.74) is 1.84. The first-order valence-corrected chi connectivity index (χ1v) is 9.02. The second kappa shape index (κ2) is 6.33. The van der Waals surface area contributed by atoms with Crippen molar-refractivity contribution < 1.29 is 14.6 Å². The number of carbonyl (C=O) groups excluding carboxylic acids is 1. The molecule has 126 valence electrons. The van der Waals surface area contributed by atoms with Gasteiger partial charge in [-0.05, 0) is 29.1 Å². The number of fused-ring (bicyclic) bond motifs is 1. The van der Waals surface area contributed by atoms with Crippen LogP contribution in [0.1, 0.15) is 10.9 Å². The molecule has 1 unspecified atom stereocenters. The Morgan fingerprint density at radius 2 is 1.92 bits per heavy atom. The summed E-state index contributed by atoms with van der Waals surface area (Å²) in [5, 5.41) is 11.9. The van der Waals surface area contributed by atoms with Gasteiger partial charge in [-0.3, -0.25) is 9.69 Å². The largest absolute Gasteiger partial charge is 0.504 e. The summed E-state index contributed by atoms with van der Waals surface area (Å²) in [7, 11) is 1.52. The second-order valence-electron chi connectivity index (χ2n) is 5.86. The van der Waals surface area contributed by atoms with Crippen LogP contribution in [0.25, 0.3) is 10.8 Å². The molecule has 25 heavy (non-hydrogen) atoms. The molecule has 0 bridgehead atoms. The van der Waals surface area contributed by atoms with Gasteiger partial charge in [0.1, 0.15) is 5.37 Å². The minimum atomic E-state index is -0.146. The molecule has 4 rings (SSSR count). The lowest BCUT2D eigenvalue weighted by Crippen LogP contribution is -2.28. The Bertz CT molecular complexity index is 951. The first kappa shape index (κ1) is 15.8. The lowest BCUT2D eigenvalue weighted by Gasteiger charge is -2.26. The number of phenols is 1. The van der Waals surface area contributed by atoms with E-state index < -0.39 is 0 Å². The quantitative estimate of drug-likeness (QED) is 0.763. The summed E-state index contributed by atoms with van der Waals surface area (Å²) in [5.74, 6) is 1.02. The van der Waals surface area contributed by atoms with E-state index in [2.05, 4.69) is 0 Å². The zero-order chi connectivity index (χ0) is 17.4. The molecule has 1 heterocycles. The van der Waals surface area contributed by atoms with Crippen LogP contribution in [0.4, 0.5) is 5.69 Å². The molecule has 0 spiro atoms. The van der Waals surface area contributed by atoms with E-state index in [0.717, 1.165) is 22.0 Å². The Hall–Kier alpha value is -2.66. The van der Waals surface area contributed by atoms with Crippen molar-refractivity contribution in [2.24, 2.45) is 0 Å². The van der Waals surface area contributed by atoms with Gasteiger partial charge in [-0.1, -0.05) is 42.5 Å². The van der Waals surface area contributed by atoms with E-state index >= 15 is 0 Å². The van der Waals surface area contributed by atoms with Gasteiger partial charge in [0.05, 0.1) is 18.6 Å². The number of amides is 1. The summed E-state index contributed by atoms with van der Waals surface area (Å²) in [6.07, 6.45) is 0. The maximum atomic E-state index is 12.6. The Kier molecular flexibility index (Phi) is 4.01. The van der Waals surface area contributed by atoms with Crippen LogP contribution in [0.5, 0.6) is 11.5 Å². The van der Waals surface area contributed by atoms with Crippen molar-refractivity contribution in [2.45, 2.75) is 5.37 Å². The number of aromatic hydroxyl groups is 1. The minimum absolute atomic E-state index is 0.0818. The molecule has 0 aromatic heterocycles. The second-order valence-corrected chi connectivity index (χ2v) is 6.93. The van der Waals surface area contributed by atoms with Crippen molar-refractivity contribution in [2.75, 3.05) is 17.8 Å². The van der Waals surface area contributed by atoms with Crippen LogP contribution in [0.3, 0.4) is 0 Å². The van der Waals surface area contributed by atoms with Gasteiger partial charge in [-0.15, -0.1) is 11.8 Å². The molecule has 0 aliphatic carbocycles. The van der Waals surface area contributed by atoms with Gasteiger partial charge in [0.2, 0.25) is 5.91 Å². The number of thioether (sulfide) groups is 1. The molecule has 1 saturated heterocycles. The summed E-state index contributed by atoms with van der Waals surface area (Å²) in [6, 6.07) is 19.3. The summed E-state index contributed by atoms with van der Waals surface area (Å²) in [4.78, 5) is 14.5. The standard InChI is InChI=1S/C20H17NO3S/c1-24-18-11-14(9-10-17(18)22)20-21(19(23)12-25-20)16-8-4-6-13-5-2-3-7-15(13)16/h2-11,20,22H,12H2,1H3. The molecule has 4 nitrogen and oxygen atoms in total. The van der Waals surface area contributed by atoms with Crippen LogP contribution in [0.15, 0.2) is 60.7 Å². The summed E-state index contributed by atoms with van der Waals surface area (Å²) in [6.45, 7) is 0. The third-order valence-corrected chi connectivity index (χ3v) is 5.60. The maximum Gasteiger partial charge on any atom is 0.238 e. The fourth-order valence-corrected chi connectivity index (χ4v) is 4.36. The van der Waals surface area contributed by atoms with E-state index in [1.54, 1.807) is 23.9 Å². The SMILES string of the molecule is COc1cc(C2SCC(=O)N2c2cccc3ccccc23)ccc1O. The van der Waals surface area contributed by atoms with Crippen LogP contribution < -0.4 is 9.64 Å². The third-order valence-electron chi connectivity index (χ3n) is 4.38. The maximum absolute atomic E-state index is 12.6. The number of phenolic OH excluding ortho intramolecular Hbond substituents is 1. The topological polar surface area (TPSA) is 49.8 Å². The molecule has 1 aliphatic heterocycles. The van der Waals surface area contributed by atoms with Crippen molar-refractivity contribution in [3.05, 3.63) is 66.2 Å². The summed E-state index contributed by atoms with van der Waals surface area (Å²) < 4.78 is 5.22. The van der Waals surface area contributed by atoms with E-state index in [0.29, 0.717) is 11.5 Å². The molecule has 3 aromatic carbocycles. The zero-order valence-corrected chi connectivity index (χ0v) is 14.5. The molecule has 1 aliphatic rings. The summed E-state index contributed by atoms with van der Waals surface area (Å²) >= 11 is 1.58. The minimum Gasteiger partial charge on any atom is -0.504 e. The lowest BCUT2D eigenvalue weighted by atomic mass is 10.1. The Morgan fingerprint density at radius 3 is 2.76 bits per heavy atom. The highest BCUT2D eigenvalue weighted by Gasteiger charge is 2.35. The molecule has 5 heteroatoms. The van der Waals surface area contributed by atoms with Crippen molar-refractivity contribution in [3.8, 4) is 11.5 Å². The number of hydrogen-bond acceptors (Lipinski definition) is 4. The molecule has 0 saturated carbocycles.